The molecule has 0 aliphatic carbocycles. The standard InChI is InChI=1S/C19H19N7O2S/c1-13(2)18-19(29-16-7-3-6-15(9-16)26(27)28)25(17(23-18)11-22-24-20)12-14-5-4-8-21-10-14/h3-10,13H,11-12H2,1-2H3. The molecule has 1 aromatic carbocycles. The Kier molecular flexibility index (Phi) is 6.48. The van der Waals surface area contributed by atoms with Gasteiger partial charge in [-0.15, -0.1) is 0 Å². The van der Waals surface area contributed by atoms with Gasteiger partial charge in [0.2, 0.25) is 0 Å². The van der Waals surface area contributed by atoms with Gasteiger partial charge in [-0.25, -0.2) is 4.98 Å². The number of nitrogens with zero attached hydrogens (tertiary/aromatic N) is 7. The number of nitro benzene ring substituents is 1. The largest absolute Gasteiger partial charge is 0.318 e. The maximum atomic E-state index is 11.1. The van der Waals surface area contributed by atoms with E-state index in [1.165, 1.54) is 17.8 Å². The lowest BCUT2D eigenvalue weighted by molar-refractivity contribution is -0.385. The third-order valence-corrected chi connectivity index (χ3v) is 5.27. The van der Waals surface area contributed by atoms with E-state index in [-0.39, 0.29) is 18.2 Å². The van der Waals surface area contributed by atoms with E-state index in [2.05, 4.69) is 15.0 Å². The highest BCUT2D eigenvalue weighted by atomic mass is 32.2. The van der Waals surface area contributed by atoms with Gasteiger partial charge in [0.05, 0.1) is 23.7 Å². The summed E-state index contributed by atoms with van der Waals surface area (Å²) in [7, 11) is 0. The minimum absolute atomic E-state index is 0.0359. The molecule has 0 atom stereocenters. The third kappa shape index (κ3) is 4.92. The Morgan fingerprint density at radius 3 is 2.83 bits per heavy atom. The first-order chi connectivity index (χ1) is 14.0. The monoisotopic (exact) mass is 409 g/mol. The fourth-order valence-electron chi connectivity index (χ4n) is 2.81. The number of pyridine rings is 1. The fraction of sp³-hybridized carbons (Fsp3) is 0.263. The number of hydrogen-bond donors (Lipinski definition) is 0. The fourth-order valence-corrected chi connectivity index (χ4v) is 4.03. The molecule has 10 heteroatoms. The summed E-state index contributed by atoms with van der Waals surface area (Å²) in [6.07, 6.45) is 3.48. The van der Waals surface area contributed by atoms with Gasteiger partial charge in [-0.05, 0) is 29.1 Å². The topological polar surface area (TPSA) is 123 Å². The lowest BCUT2D eigenvalue weighted by atomic mass is 10.1. The third-order valence-electron chi connectivity index (χ3n) is 4.15. The van der Waals surface area contributed by atoms with Gasteiger partial charge in [0.25, 0.3) is 5.69 Å². The number of non-ortho nitro benzene ring substituents is 1. The van der Waals surface area contributed by atoms with Crippen LogP contribution in [0, 0.1) is 10.1 Å². The normalized spacial score (nSPS) is 10.7. The van der Waals surface area contributed by atoms with Crippen molar-refractivity contribution in [3.8, 4) is 0 Å². The van der Waals surface area contributed by atoms with E-state index < -0.39 is 4.92 Å². The van der Waals surface area contributed by atoms with Crippen molar-refractivity contribution in [1.82, 2.24) is 14.5 Å². The average Bonchev–Trinajstić information content (AvgIpc) is 3.05. The van der Waals surface area contributed by atoms with E-state index in [9.17, 15) is 10.1 Å². The molecule has 0 unspecified atom stereocenters. The molecule has 29 heavy (non-hydrogen) atoms. The summed E-state index contributed by atoms with van der Waals surface area (Å²) in [6.45, 7) is 4.68. The van der Waals surface area contributed by atoms with Gasteiger partial charge in [-0.2, -0.15) is 0 Å². The van der Waals surface area contributed by atoms with Crippen LogP contribution in [0.3, 0.4) is 0 Å². The van der Waals surface area contributed by atoms with Crippen molar-refractivity contribution >= 4 is 17.4 Å². The van der Waals surface area contributed by atoms with E-state index in [0.29, 0.717) is 12.4 Å². The highest BCUT2D eigenvalue weighted by molar-refractivity contribution is 7.99. The first kappa shape index (κ1) is 20.4. The van der Waals surface area contributed by atoms with E-state index in [1.807, 2.05) is 36.6 Å². The molecule has 2 aromatic heterocycles. The van der Waals surface area contributed by atoms with Gasteiger partial charge in [-0.3, -0.25) is 15.1 Å². The molecule has 0 saturated carbocycles. The molecule has 0 N–H and O–H groups in total. The molecule has 0 aliphatic heterocycles. The van der Waals surface area contributed by atoms with Crippen molar-refractivity contribution in [3.05, 3.63) is 86.4 Å². The predicted octanol–water partition coefficient (Wildman–Crippen LogP) is 5.32. The minimum Gasteiger partial charge on any atom is -0.318 e. The van der Waals surface area contributed by atoms with Gasteiger partial charge in [-0.1, -0.05) is 42.9 Å². The van der Waals surface area contributed by atoms with Crippen LogP contribution in [-0.4, -0.2) is 19.5 Å². The molecular formula is C19H19N7O2S. The second-order valence-electron chi connectivity index (χ2n) is 6.57. The number of benzene rings is 1. The van der Waals surface area contributed by atoms with Crippen molar-refractivity contribution < 1.29 is 4.92 Å². The van der Waals surface area contributed by atoms with E-state index in [0.717, 1.165) is 21.2 Å². The van der Waals surface area contributed by atoms with Gasteiger partial charge < -0.3 is 4.57 Å². The van der Waals surface area contributed by atoms with Gasteiger partial charge in [0, 0.05) is 34.3 Å². The van der Waals surface area contributed by atoms with E-state index in [1.54, 1.807) is 24.5 Å². The highest BCUT2D eigenvalue weighted by Gasteiger charge is 2.21. The van der Waals surface area contributed by atoms with Crippen LogP contribution in [0.5, 0.6) is 0 Å². The summed E-state index contributed by atoms with van der Waals surface area (Å²) >= 11 is 1.42. The van der Waals surface area contributed by atoms with Crippen molar-refractivity contribution in [3.63, 3.8) is 0 Å². The van der Waals surface area contributed by atoms with Crippen LogP contribution in [0.4, 0.5) is 5.69 Å². The van der Waals surface area contributed by atoms with Crippen LogP contribution in [0.15, 0.2) is 63.8 Å². The molecule has 0 radical (unpaired) electrons. The molecule has 148 valence electrons. The Balaban J connectivity index is 2.09. The second-order valence-corrected chi connectivity index (χ2v) is 7.63. The number of hydrogen-bond acceptors (Lipinski definition) is 6. The van der Waals surface area contributed by atoms with Crippen LogP contribution in [0.1, 0.15) is 36.8 Å². The molecule has 3 rings (SSSR count). The number of nitro groups is 1. The lowest BCUT2D eigenvalue weighted by Crippen LogP contribution is -2.06. The summed E-state index contributed by atoms with van der Waals surface area (Å²) in [5.41, 5.74) is 10.6. The second kappa shape index (κ2) is 9.22. The van der Waals surface area contributed by atoms with Crippen LogP contribution < -0.4 is 0 Å². The summed E-state index contributed by atoms with van der Waals surface area (Å²) in [6, 6.07) is 10.3. The Bertz CT molecular complexity index is 1060. The van der Waals surface area contributed by atoms with Crippen molar-refractivity contribution in [2.75, 3.05) is 0 Å². The maximum absolute atomic E-state index is 11.1. The maximum Gasteiger partial charge on any atom is 0.270 e. The van der Waals surface area contributed by atoms with Crippen LogP contribution in [0.25, 0.3) is 10.4 Å². The Labute approximate surface area is 171 Å². The average molecular weight is 409 g/mol. The molecule has 0 bridgehead atoms. The quantitative estimate of drug-likeness (QED) is 0.164. The smallest absolute Gasteiger partial charge is 0.270 e. The van der Waals surface area contributed by atoms with Crippen LogP contribution in [-0.2, 0) is 13.1 Å². The Morgan fingerprint density at radius 1 is 1.34 bits per heavy atom. The highest BCUT2D eigenvalue weighted by Crippen LogP contribution is 2.36. The van der Waals surface area contributed by atoms with E-state index >= 15 is 0 Å². The summed E-state index contributed by atoms with van der Waals surface area (Å²) in [5, 5.41) is 15.7. The predicted molar refractivity (Wildman–Crippen MR) is 110 cm³/mol. The molecule has 0 fully saturated rings. The number of aromatic nitrogens is 3. The molecule has 3 aromatic rings. The van der Waals surface area contributed by atoms with Crippen molar-refractivity contribution in [2.24, 2.45) is 5.11 Å². The van der Waals surface area contributed by atoms with Gasteiger partial charge in [0.1, 0.15) is 10.9 Å². The minimum atomic E-state index is -0.409. The lowest BCUT2D eigenvalue weighted by Gasteiger charge is -2.13. The SMILES string of the molecule is CC(C)c1nc(CN=[N+]=[N-])n(Cc2cccnc2)c1Sc1cccc([N+](=O)[O-])c1. The Morgan fingerprint density at radius 2 is 2.17 bits per heavy atom. The Hall–Kier alpha value is -3.36. The van der Waals surface area contributed by atoms with Crippen LogP contribution in [0.2, 0.25) is 0 Å². The molecular weight excluding hydrogens is 390 g/mol. The molecule has 9 nitrogen and oxygen atoms in total. The zero-order valence-corrected chi connectivity index (χ0v) is 16.8. The molecule has 2 heterocycles. The summed E-state index contributed by atoms with van der Waals surface area (Å²) < 4.78 is 1.99. The van der Waals surface area contributed by atoms with Crippen molar-refractivity contribution in [2.45, 2.75) is 42.8 Å². The first-order valence-corrected chi connectivity index (χ1v) is 9.72. The first-order valence-electron chi connectivity index (χ1n) is 8.91. The molecule has 0 aliphatic rings. The summed E-state index contributed by atoms with van der Waals surface area (Å²) in [4.78, 5) is 23.2. The van der Waals surface area contributed by atoms with Crippen molar-refractivity contribution in [1.29, 1.82) is 0 Å². The molecule has 0 saturated heterocycles. The zero-order chi connectivity index (χ0) is 20.8. The molecule has 0 spiro atoms. The summed E-state index contributed by atoms with van der Waals surface area (Å²) in [5.74, 6) is 0.763. The van der Waals surface area contributed by atoms with Crippen LogP contribution >= 0.6 is 11.8 Å². The van der Waals surface area contributed by atoms with Gasteiger partial charge in [0.15, 0.2) is 0 Å². The van der Waals surface area contributed by atoms with E-state index in [4.69, 9.17) is 10.5 Å². The number of rotatable bonds is 8. The number of imidazole rings is 1. The number of azide groups is 1. The zero-order valence-electron chi connectivity index (χ0n) is 16.0. The molecule has 0 amide bonds. The van der Waals surface area contributed by atoms with Gasteiger partial charge >= 0.3 is 0 Å².